The Hall–Kier alpha value is -0.770. The van der Waals surface area contributed by atoms with Gasteiger partial charge in [-0.05, 0) is 12.1 Å². The minimum absolute atomic E-state index is 0.135. The molecule has 0 unspecified atom stereocenters. The summed E-state index contributed by atoms with van der Waals surface area (Å²) in [6.45, 7) is 1.38. The lowest BCUT2D eigenvalue weighted by atomic mass is 10.2. The molecule has 1 aromatic carbocycles. The van der Waals surface area contributed by atoms with Crippen LogP contribution in [0.5, 0.6) is 5.75 Å². The van der Waals surface area contributed by atoms with E-state index in [-0.39, 0.29) is 6.61 Å². The zero-order valence-electron chi connectivity index (χ0n) is 8.09. The fourth-order valence-corrected chi connectivity index (χ4v) is 1.33. The number of hydrogen-bond acceptors (Lipinski definition) is 3. The number of ether oxygens (including phenoxy) is 1. The van der Waals surface area contributed by atoms with Gasteiger partial charge in [-0.2, -0.15) is 0 Å². The molecule has 0 saturated heterocycles. The largest absolute Gasteiger partial charge is 0.496 e. The van der Waals surface area contributed by atoms with Crippen molar-refractivity contribution in [1.82, 2.24) is 5.32 Å². The molecular formula is C10H14ClNO2. The van der Waals surface area contributed by atoms with Gasteiger partial charge in [0.1, 0.15) is 5.75 Å². The molecular weight excluding hydrogens is 202 g/mol. The molecule has 1 aromatic rings. The van der Waals surface area contributed by atoms with Crippen LogP contribution in [0.3, 0.4) is 0 Å². The monoisotopic (exact) mass is 215 g/mol. The van der Waals surface area contributed by atoms with Gasteiger partial charge in [-0.25, -0.2) is 0 Å². The molecule has 0 aliphatic rings. The normalized spacial score (nSPS) is 10.2. The van der Waals surface area contributed by atoms with Gasteiger partial charge in [-0.15, -0.1) is 0 Å². The predicted octanol–water partition coefficient (Wildman–Crippen LogP) is 1.43. The first-order valence-corrected chi connectivity index (χ1v) is 4.79. The summed E-state index contributed by atoms with van der Waals surface area (Å²) in [5.41, 5.74) is 1.03. The van der Waals surface area contributed by atoms with E-state index in [2.05, 4.69) is 5.32 Å². The van der Waals surface area contributed by atoms with Crippen molar-refractivity contribution in [3.05, 3.63) is 28.8 Å². The van der Waals surface area contributed by atoms with Crippen LogP contribution >= 0.6 is 11.6 Å². The Balaban J connectivity index is 2.65. The number of aliphatic hydroxyl groups is 1. The second kappa shape index (κ2) is 5.86. The van der Waals surface area contributed by atoms with E-state index in [0.29, 0.717) is 18.1 Å². The minimum atomic E-state index is 0.135. The number of nitrogens with one attached hydrogen (secondary N) is 1. The quantitative estimate of drug-likeness (QED) is 0.731. The highest BCUT2D eigenvalue weighted by atomic mass is 35.5. The maximum absolute atomic E-state index is 8.60. The van der Waals surface area contributed by atoms with Crippen molar-refractivity contribution >= 4 is 11.6 Å². The van der Waals surface area contributed by atoms with Gasteiger partial charge in [0, 0.05) is 23.7 Å². The Morgan fingerprint density at radius 3 is 2.93 bits per heavy atom. The molecule has 0 aliphatic heterocycles. The van der Waals surface area contributed by atoms with Gasteiger partial charge in [-0.1, -0.05) is 17.7 Å². The van der Waals surface area contributed by atoms with Crippen molar-refractivity contribution in [1.29, 1.82) is 0 Å². The molecule has 0 amide bonds. The molecule has 0 saturated carbocycles. The Kier molecular flexibility index (Phi) is 4.73. The molecule has 0 radical (unpaired) electrons. The zero-order valence-corrected chi connectivity index (χ0v) is 8.84. The molecule has 3 nitrogen and oxygen atoms in total. The number of rotatable bonds is 5. The lowest BCUT2D eigenvalue weighted by molar-refractivity contribution is 0.291. The number of hydrogen-bond donors (Lipinski definition) is 2. The van der Waals surface area contributed by atoms with Crippen LogP contribution in [0.25, 0.3) is 0 Å². The van der Waals surface area contributed by atoms with Crippen LogP contribution in [-0.2, 0) is 6.54 Å². The van der Waals surface area contributed by atoms with E-state index in [1.807, 2.05) is 12.1 Å². The highest BCUT2D eigenvalue weighted by molar-refractivity contribution is 6.30. The summed E-state index contributed by atoms with van der Waals surface area (Å²) in [5, 5.41) is 12.3. The van der Waals surface area contributed by atoms with Crippen LogP contribution < -0.4 is 10.1 Å². The molecule has 1 rings (SSSR count). The van der Waals surface area contributed by atoms with Crippen LogP contribution in [0.2, 0.25) is 5.02 Å². The number of aliphatic hydroxyl groups excluding tert-OH is 1. The van der Waals surface area contributed by atoms with Gasteiger partial charge >= 0.3 is 0 Å². The van der Waals surface area contributed by atoms with Gasteiger partial charge < -0.3 is 15.2 Å². The van der Waals surface area contributed by atoms with Crippen molar-refractivity contribution in [2.24, 2.45) is 0 Å². The lowest BCUT2D eigenvalue weighted by Crippen LogP contribution is -2.17. The zero-order chi connectivity index (χ0) is 10.4. The standard InChI is InChI=1S/C10H14ClNO2/c1-14-10-6-9(11)3-2-8(10)7-12-4-5-13/h2-3,6,12-13H,4-5,7H2,1H3. The third kappa shape index (κ3) is 3.18. The smallest absolute Gasteiger partial charge is 0.124 e. The van der Waals surface area contributed by atoms with Gasteiger partial charge in [0.05, 0.1) is 13.7 Å². The average molecular weight is 216 g/mol. The van der Waals surface area contributed by atoms with Gasteiger partial charge in [-0.3, -0.25) is 0 Å². The molecule has 2 N–H and O–H groups in total. The van der Waals surface area contributed by atoms with E-state index >= 15 is 0 Å². The Labute approximate surface area is 88.7 Å². The number of methoxy groups -OCH3 is 1. The summed E-state index contributed by atoms with van der Waals surface area (Å²) in [5.74, 6) is 0.767. The maximum atomic E-state index is 8.60. The summed E-state index contributed by atoms with van der Waals surface area (Å²) < 4.78 is 5.17. The number of benzene rings is 1. The molecule has 4 heteroatoms. The van der Waals surface area contributed by atoms with Crippen molar-refractivity contribution in [3.8, 4) is 5.75 Å². The minimum Gasteiger partial charge on any atom is -0.496 e. The molecule has 14 heavy (non-hydrogen) atoms. The van der Waals surface area contributed by atoms with Crippen molar-refractivity contribution in [2.75, 3.05) is 20.3 Å². The Bertz CT molecular complexity index is 291. The molecule has 0 heterocycles. The molecule has 0 atom stereocenters. The Morgan fingerprint density at radius 1 is 1.50 bits per heavy atom. The van der Waals surface area contributed by atoms with Crippen LogP contribution in [0.4, 0.5) is 0 Å². The van der Waals surface area contributed by atoms with E-state index in [4.69, 9.17) is 21.4 Å². The first-order valence-electron chi connectivity index (χ1n) is 4.42. The summed E-state index contributed by atoms with van der Waals surface area (Å²) in [7, 11) is 1.61. The van der Waals surface area contributed by atoms with E-state index < -0.39 is 0 Å². The van der Waals surface area contributed by atoms with E-state index in [1.165, 1.54) is 0 Å². The average Bonchev–Trinajstić information content (AvgIpc) is 2.20. The molecule has 0 bridgehead atoms. The van der Waals surface area contributed by atoms with Crippen LogP contribution in [-0.4, -0.2) is 25.4 Å². The fraction of sp³-hybridized carbons (Fsp3) is 0.400. The van der Waals surface area contributed by atoms with E-state index in [9.17, 15) is 0 Å². The van der Waals surface area contributed by atoms with Crippen molar-refractivity contribution in [2.45, 2.75) is 6.54 Å². The SMILES string of the molecule is COc1cc(Cl)ccc1CNCCO. The first kappa shape index (κ1) is 11.3. The summed E-state index contributed by atoms with van der Waals surface area (Å²) in [6.07, 6.45) is 0. The van der Waals surface area contributed by atoms with Crippen LogP contribution in [0.1, 0.15) is 5.56 Å². The van der Waals surface area contributed by atoms with E-state index in [1.54, 1.807) is 13.2 Å². The maximum Gasteiger partial charge on any atom is 0.124 e. The Morgan fingerprint density at radius 2 is 2.29 bits per heavy atom. The third-order valence-electron chi connectivity index (χ3n) is 1.85. The van der Waals surface area contributed by atoms with Gasteiger partial charge in [0.2, 0.25) is 0 Å². The molecule has 78 valence electrons. The predicted molar refractivity (Wildman–Crippen MR) is 56.8 cm³/mol. The third-order valence-corrected chi connectivity index (χ3v) is 2.09. The molecule has 0 aromatic heterocycles. The molecule has 0 fully saturated rings. The van der Waals surface area contributed by atoms with Crippen molar-refractivity contribution < 1.29 is 9.84 Å². The number of halogens is 1. The van der Waals surface area contributed by atoms with E-state index in [0.717, 1.165) is 11.3 Å². The van der Waals surface area contributed by atoms with Crippen LogP contribution in [0.15, 0.2) is 18.2 Å². The van der Waals surface area contributed by atoms with Crippen molar-refractivity contribution in [3.63, 3.8) is 0 Å². The second-order valence-electron chi connectivity index (χ2n) is 2.86. The van der Waals surface area contributed by atoms with Gasteiger partial charge in [0.25, 0.3) is 0 Å². The summed E-state index contributed by atoms with van der Waals surface area (Å²) in [4.78, 5) is 0. The lowest BCUT2D eigenvalue weighted by Gasteiger charge is -2.09. The highest BCUT2D eigenvalue weighted by Crippen LogP contribution is 2.22. The second-order valence-corrected chi connectivity index (χ2v) is 3.29. The summed E-state index contributed by atoms with van der Waals surface area (Å²) >= 11 is 5.82. The molecule has 0 aliphatic carbocycles. The first-order chi connectivity index (χ1) is 6.77. The topological polar surface area (TPSA) is 41.5 Å². The van der Waals surface area contributed by atoms with Crippen LogP contribution in [0, 0.1) is 0 Å². The van der Waals surface area contributed by atoms with Gasteiger partial charge in [0.15, 0.2) is 0 Å². The highest BCUT2D eigenvalue weighted by Gasteiger charge is 2.02. The summed E-state index contributed by atoms with van der Waals surface area (Å²) in [6, 6.07) is 5.50. The fourth-order valence-electron chi connectivity index (χ4n) is 1.17. The molecule has 0 spiro atoms.